The van der Waals surface area contributed by atoms with Gasteiger partial charge in [-0.2, -0.15) is 10.1 Å². The van der Waals surface area contributed by atoms with Crippen molar-refractivity contribution in [3.8, 4) is 34.0 Å². The molecule has 11 heteroatoms. The van der Waals surface area contributed by atoms with Gasteiger partial charge in [0.1, 0.15) is 24.4 Å². The van der Waals surface area contributed by atoms with Crippen molar-refractivity contribution >= 4 is 6.09 Å². The summed E-state index contributed by atoms with van der Waals surface area (Å²) in [5, 5.41) is 4.09. The molecule has 3 atom stereocenters. The summed E-state index contributed by atoms with van der Waals surface area (Å²) in [7, 11) is 1.60. The number of halogens is 2. The van der Waals surface area contributed by atoms with Crippen LogP contribution in [0.1, 0.15) is 45.6 Å². The van der Waals surface area contributed by atoms with Crippen molar-refractivity contribution in [2.75, 3.05) is 0 Å². The highest BCUT2D eigenvalue weighted by Crippen LogP contribution is 2.47. The maximum Gasteiger partial charge on any atom is 0.411 e. The summed E-state index contributed by atoms with van der Waals surface area (Å²) in [6, 6.07) is 8.96. The van der Waals surface area contributed by atoms with Gasteiger partial charge in [-0.1, -0.05) is 12.1 Å². The second kappa shape index (κ2) is 9.28. The van der Waals surface area contributed by atoms with Crippen LogP contribution in [0, 0.1) is 0 Å². The number of ether oxygens (including phenoxy) is 3. The molecular formula is C29H30F2N4O5. The van der Waals surface area contributed by atoms with E-state index in [-0.39, 0.29) is 30.9 Å². The molecule has 0 unspecified atom stereocenters. The normalized spacial score (nSPS) is 22.6. The van der Waals surface area contributed by atoms with Gasteiger partial charge in [-0.25, -0.2) is 18.3 Å². The number of rotatable bonds is 3. The van der Waals surface area contributed by atoms with Crippen LogP contribution in [-0.4, -0.2) is 55.5 Å². The van der Waals surface area contributed by atoms with E-state index in [1.54, 1.807) is 40.1 Å². The van der Waals surface area contributed by atoms with Crippen molar-refractivity contribution in [2.45, 2.75) is 76.4 Å². The maximum absolute atomic E-state index is 14.8. The molecule has 9 nitrogen and oxygen atoms in total. The van der Waals surface area contributed by atoms with Crippen molar-refractivity contribution in [2.24, 2.45) is 7.05 Å². The third-order valence-corrected chi connectivity index (χ3v) is 7.53. The molecule has 0 spiro atoms. The molecule has 1 amide bonds. The zero-order chi connectivity index (χ0) is 28.4. The fourth-order valence-electron chi connectivity index (χ4n) is 5.73. The van der Waals surface area contributed by atoms with Gasteiger partial charge in [0.05, 0.1) is 6.20 Å². The quantitative estimate of drug-likeness (QED) is 0.453. The van der Waals surface area contributed by atoms with Gasteiger partial charge in [-0.15, -0.1) is 0 Å². The molecule has 5 heterocycles. The van der Waals surface area contributed by atoms with Crippen molar-refractivity contribution in [3.63, 3.8) is 0 Å². The first-order chi connectivity index (χ1) is 18.9. The number of carbonyl (C=O) groups excluding carboxylic acids is 1. The average Bonchev–Trinajstić information content (AvgIpc) is 3.05. The fourth-order valence-corrected chi connectivity index (χ4v) is 5.73. The lowest BCUT2D eigenvalue weighted by molar-refractivity contribution is -0.0608. The van der Waals surface area contributed by atoms with Crippen LogP contribution in [0.25, 0.3) is 22.3 Å². The number of hydrogen-bond donors (Lipinski definition) is 0. The first-order valence-corrected chi connectivity index (χ1v) is 13.2. The molecule has 0 saturated carbocycles. The summed E-state index contributed by atoms with van der Waals surface area (Å²) in [6.07, 6.45) is 0.222. The Kier molecular flexibility index (Phi) is 6.08. The van der Waals surface area contributed by atoms with E-state index in [1.807, 2.05) is 24.3 Å². The Morgan fingerprint density at radius 3 is 2.60 bits per heavy atom. The standard InChI is InChI=1S/C29H30F2N4O5/c1-28(2,3)40-27(37)35-19-11-20(12-23(35)29(30,31)13-19)39-24-8-7-22-21-6-5-16(9-18(21)15-38-26(22)33-24)17-10-25(36)34(4)32-14-17/h5-10,14,19-20,23H,11-13,15H2,1-4H3/t19-,20+,23+/m0/s1. The molecule has 2 saturated heterocycles. The van der Waals surface area contributed by atoms with Crippen LogP contribution in [0.3, 0.4) is 0 Å². The van der Waals surface area contributed by atoms with Crippen molar-refractivity contribution in [3.05, 3.63) is 58.5 Å². The third kappa shape index (κ3) is 4.77. The monoisotopic (exact) mass is 552 g/mol. The Hall–Kier alpha value is -4.02. The van der Waals surface area contributed by atoms with Crippen molar-refractivity contribution < 1.29 is 27.8 Å². The van der Waals surface area contributed by atoms with Gasteiger partial charge in [0.2, 0.25) is 11.8 Å². The Bertz CT molecular complexity index is 1550. The molecular weight excluding hydrogens is 522 g/mol. The van der Waals surface area contributed by atoms with Gasteiger partial charge >= 0.3 is 6.09 Å². The van der Waals surface area contributed by atoms with E-state index in [0.29, 0.717) is 5.88 Å². The highest BCUT2D eigenvalue weighted by Gasteiger charge is 2.60. The topological polar surface area (TPSA) is 95.8 Å². The molecule has 2 bridgehead atoms. The molecule has 2 aromatic heterocycles. The molecule has 210 valence electrons. The summed E-state index contributed by atoms with van der Waals surface area (Å²) in [4.78, 5) is 30.4. The minimum atomic E-state index is -3.02. The number of aryl methyl sites for hydroxylation is 1. The zero-order valence-electron chi connectivity index (χ0n) is 22.7. The minimum absolute atomic E-state index is 0.0224. The molecule has 40 heavy (non-hydrogen) atoms. The Balaban J connectivity index is 1.19. The number of fused-ring (bicyclic) bond motifs is 5. The molecule has 0 N–H and O–H groups in total. The minimum Gasteiger partial charge on any atom is -0.474 e. The van der Waals surface area contributed by atoms with Gasteiger partial charge in [0.15, 0.2) is 0 Å². The summed E-state index contributed by atoms with van der Waals surface area (Å²) in [6.45, 7) is 5.42. The predicted octanol–water partition coefficient (Wildman–Crippen LogP) is 4.96. The van der Waals surface area contributed by atoms with Crippen LogP contribution >= 0.6 is 0 Å². The van der Waals surface area contributed by atoms with Crippen LogP contribution in [-0.2, 0) is 18.4 Å². The molecule has 2 fully saturated rings. The fraction of sp³-hybridized carbons (Fsp3) is 0.448. The van der Waals surface area contributed by atoms with Crippen molar-refractivity contribution in [1.82, 2.24) is 19.7 Å². The molecule has 6 rings (SSSR count). The number of hydrogen-bond acceptors (Lipinski definition) is 7. The highest BCUT2D eigenvalue weighted by atomic mass is 19.3. The second-order valence-electron chi connectivity index (χ2n) is 11.6. The summed E-state index contributed by atoms with van der Waals surface area (Å²) >= 11 is 0. The van der Waals surface area contributed by atoms with E-state index in [0.717, 1.165) is 27.8 Å². The van der Waals surface area contributed by atoms with Gasteiger partial charge in [0.25, 0.3) is 11.5 Å². The van der Waals surface area contributed by atoms with Gasteiger partial charge in [-0.3, -0.25) is 9.69 Å². The third-order valence-electron chi connectivity index (χ3n) is 7.53. The summed E-state index contributed by atoms with van der Waals surface area (Å²) in [5.41, 5.74) is 3.28. The SMILES string of the molecule is Cn1ncc(-c2ccc3c(c2)COc2nc(O[C@@H]4C[C@H]5CC(F)(F)[C@@H](C4)N5C(=O)OC(C)(C)C)ccc2-3)cc1=O. The van der Waals surface area contributed by atoms with Crippen LogP contribution in [0.2, 0.25) is 0 Å². The van der Waals surface area contributed by atoms with Crippen LogP contribution in [0.4, 0.5) is 13.6 Å². The number of carbonyl (C=O) groups is 1. The van der Waals surface area contributed by atoms with E-state index in [1.165, 1.54) is 15.6 Å². The first kappa shape index (κ1) is 26.2. The Labute approximate surface area is 229 Å². The number of piperidine rings is 1. The van der Waals surface area contributed by atoms with E-state index in [4.69, 9.17) is 14.2 Å². The second-order valence-corrected chi connectivity index (χ2v) is 11.6. The lowest BCUT2D eigenvalue weighted by Crippen LogP contribution is -2.53. The van der Waals surface area contributed by atoms with Crippen molar-refractivity contribution in [1.29, 1.82) is 0 Å². The highest BCUT2D eigenvalue weighted by molar-refractivity contribution is 5.77. The molecule has 0 radical (unpaired) electrons. The number of aromatic nitrogens is 3. The zero-order valence-corrected chi connectivity index (χ0v) is 22.7. The number of alkyl halides is 2. The molecule has 3 aromatic rings. The van der Waals surface area contributed by atoms with E-state index in [9.17, 15) is 18.4 Å². The van der Waals surface area contributed by atoms with Crippen LogP contribution < -0.4 is 15.0 Å². The van der Waals surface area contributed by atoms with Gasteiger partial charge < -0.3 is 14.2 Å². The van der Waals surface area contributed by atoms with Crippen LogP contribution in [0.5, 0.6) is 11.8 Å². The number of pyridine rings is 1. The average molecular weight is 553 g/mol. The summed E-state index contributed by atoms with van der Waals surface area (Å²) < 4.78 is 48.3. The largest absolute Gasteiger partial charge is 0.474 e. The lowest BCUT2D eigenvalue weighted by atomic mass is 9.95. The molecule has 0 aliphatic carbocycles. The Morgan fingerprint density at radius 1 is 1.10 bits per heavy atom. The van der Waals surface area contributed by atoms with E-state index >= 15 is 0 Å². The number of benzene rings is 1. The van der Waals surface area contributed by atoms with E-state index < -0.39 is 42.2 Å². The van der Waals surface area contributed by atoms with Gasteiger partial charge in [0, 0.05) is 55.6 Å². The van der Waals surface area contributed by atoms with Gasteiger partial charge in [-0.05, 0) is 49.6 Å². The lowest BCUT2D eigenvalue weighted by Gasteiger charge is -2.39. The first-order valence-electron chi connectivity index (χ1n) is 13.2. The number of nitrogens with zero attached hydrogens (tertiary/aromatic N) is 4. The van der Waals surface area contributed by atoms with Crippen LogP contribution in [0.15, 0.2) is 47.4 Å². The Morgan fingerprint density at radius 2 is 1.88 bits per heavy atom. The maximum atomic E-state index is 14.8. The predicted molar refractivity (Wildman–Crippen MR) is 141 cm³/mol. The molecule has 1 aromatic carbocycles. The molecule has 3 aliphatic rings. The number of amides is 1. The molecule has 3 aliphatic heterocycles. The smallest absolute Gasteiger partial charge is 0.411 e. The summed E-state index contributed by atoms with van der Waals surface area (Å²) in [5.74, 6) is -2.34. The van der Waals surface area contributed by atoms with E-state index in [2.05, 4.69) is 10.1 Å².